The summed E-state index contributed by atoms with van der Waals surface area (Å²) in [5.74, 6) is -4.39. The summed E-state index contributed by atoms with van der Waals surface area (Å²) in [5.41, 5.74) is -0.321. The molecule has 0 fully saturated rings. The van der Waals surface area contributed by atoms with Crippen molar-refractivity contribution in [3.8, 4) is 0 Å². The first-order chi connectivity index (χ1) is 9.50. The maximum atomic E-state index is 13.6. The van der Waals surface area contributed by atoms with Gasteiger partial charge in [0.05, 0.1) is 5.56 Å². The molecule has 0 unspecified atom stereocenters. The smallest absolute Gasteiger partial charge is 0.189 e. The van der Waals surface area contributed by atoms with Crippen molar-refractivity contribution in [2.75, 3.05) is 0 Å². The van der Waals surface area contributed by atoms with E-state index in [1.807, 2.05) is 6.07 Å². The Morgan fingerprint density at radius 3 is 2.35 bits per heavy atom. The quantitative estimate of drug-likeness (QED) is 0.464. The number of rotatable bonds is 3. The van der Waals surface area contributed by atoms with Crippen LogP contribution in [0.4, 0.5) is 13.2 Å². The van der Waals surface area contributed by atoms with E-state index < -0.39 is 34.4 Å². The molecular weight excluding hydrogens is 265 g/mol. The number of carbonyl (C=O) groups is 1. The topological polar surface area (TPSA) is 17.1 Å². The predicted molar refractivity (Wildman–Crippen MR) is 70.9 cm³/mol. The number of halogens is 3. The summed E-state index contributed by atoms with van der Waals surface area (Å²) in [6.45, 7) is 1.11. The van der Waals surface area contributed by atoms with E-state index in [9.17, 15) is 18.0 Å². The van der Waals surface area contributed by atoms with Gasteiger partial charge in [-0.15, -0.1) is 0 Å². The SMILES string of the molecule is Cc1c(F)cc(C(=O)C=Cc2ccccc2)c(F)c1F. The van der Waals surface area contributed by atoms with E-state index in [4.69, 9.17) is 0 Å². The monoisotopic (exact) mass is 276 g/mol. The number of ketones is 1. The van der Waals surface area contributed by atoms with Crippen molar-refractivity contribution in [3.05, 3.63) is 76.6 Å². The third-order valence-electron chi connectivity index (χ3n) is 2.88. The lowest BCUT2D eigenvalue weighted by atomic mass is 10.1. The van der Waals surface area contributed by atoms with Crippen molar-refractivity contribution >= 4 is 11.9 Å². The molecule has 0 amide bonds. The Kier molecular flexibility index (Phi) is 4.03. The number of benzene rings is 2. The van der Waals surface area contributed by atoms with Crippen molar-refractivity contribution in [2.45, 2.75) is 6.92 Å². The molecule has 0 bridgehead atoms. The molecule has 0 aromatic heterocycles. The molecule has 0 saturated heterocycles. The molecule has 1 nitrogen and oxygen atoms in total. The molecule has 0 atom stereocenters. The lowest BCUT2D eigenvalue weighted by Crippen LogP contribution is -2.05. The van der Waals surface area contributed by atoms with Gasteiger partial charge in [-0.05, 0) is 24.6 Å². The molecule has 0 radical (unpaired) electrons. The van der Waals surface area contributed by atoms with Gasteiger partial charge >= 0.3 is 0 Å². The summed E-state index contributed by atoms with van der Waals surface area (Å²) < 4.78 is 40.4. The van der Waals surface area contributed by atoms with Gasteiger partial charge in [-0.3, -0.25) is 4.79 Å². The average Bonchev–Trinajstić information content (AvgIpc) is 2.47. The minimum atomic E-state index is -1.33. The highest BCUT2D eigenvalue weighted by Gasteiger charge is 2.19. The Morgan fingerprint density at radius 1 is 1.05 bits per heavy atom. The molecule has 2 aromatic rings. The zero-order valence-corrected chi connectivity index (χ0v) is 10.7. The summed E-state index contributed by atoms with van der Waals surface area (Å²) in [6.07, 6.45) is 2.54. The Bertz CT molecular complexity index is 676. The van der Waals surface area contributed by atoms with E-state index in [1.165, 1.54) is 6.08 Å². The van der Waals surface area contributed by atoms with Crippen LogP contribution in [0.1, 0.15) is 21.5 Å². The van der Waals surface area contributed by atoms with Gasteiger partial charge < -0.3 is 0 Å². The molecule has 0 saturated carbocycles. The van der Waals surface area contributed by atoms with Gasteiger partial charge in [-0.1, -0.05) is 36.4 Å². The summed E-state index contributed by atoms with van der Waals surface area (Å²) in [6, 6.07) is 9.56. The molecule has 4 heteroatoms. The number of hydrogen-bond acceptors (Lipinski definition) is 1. The summed E-state index contributed by atoms with van der Waals surface area (Å²) in [4.78, 5) is 11.8. The van der Waals surface area contributed by atoms with Crippen molar-refractivity contribution in [1.82, 2.24) is 0 Å². The number of allylic oxidation sites excluding steroid dienone is 1. The fraction of sp³-hybridized carbons (Fsp3) is 0.0625. The van der Waals surface area contributed by atoms with Crippen LogP contribution in [0.3, 0.4) is 0 Å². The second-order valence-corrected chi connectivity index (χ2v) is 4.27. The first-order valence-electron chi connectivity index (χ1n) is 5.92. The van der Waals surface area contributed by atoms with E-state index in [0.717, 1.165) is 18.6 Å². The van der Waals surface area contributed by atoms with Crippen LogP contribution in [-0.2, 0) is 0 Å². The Morgan fingerprint density at radius 2 is 1.70 bits per heavy atom. The maximum Gasteiger partial charge on any atom is 0.189 e. The summed E-state index contributed by atoms with van der Waals surface area (Å²) in [5, 5.41) is 0. The molecule has 0 aliphatic carbocycles. The molecule has 20 heavy (non-hydrogen) atoms. The molecule has 102 valence electrons. The van der Waals surface area contributed by atoms with Crippen molar-refractivity contribution in [2.24, 2.45) is 0 Å². The Hall–Kier alpha value is -2.36. The third kappa shape index (κ3) is 2.79. The van der Waals surface area contributed by atoms with E-state index in [2.05, 4.69) is 0 Å². The highest BCUT2D eigenvalue weighted by Crippen LogP contribution is 2.20. The molecule has 0 aliphatic heterocycles. The lowest BCUT2D eigenvalue weighted by Gasteiger charge is -2.04. The molecule has 0 N–H and O–H groups in total. The number of hydrogen-bond donors (Lipinski definition) is 0. The fourth-order valence-electron chi connectivity index (χ4n) is 1.69. The first-order valence-corrected chi connectivity index (χ1v) is 5.92. The molecule has 0 heterocycles. The van der Waals surface area contributed by atoms with E-state index >= 15 is 0 Å². The van der Waals surface area contributed by atoms with Gasteiger partial charge in [0.1, 0.15) is 5.82 Å². The van der Waals surface area contributed by atoms with E-state index in [1.54, 1.807) is 24.3 Å². The minimum Gasteiger partial charge on any atom is -0.289 e. The number of carbonyl (C=O) groups excluding carboxylic acids is 1. The normalized spacial score (nSPS) is 11.0. The van der Waals surface area contributed by atoms with Crippen molar-refractivity contribution in [1.29, 1.82) is 0 Å². The van der Waals surface area contributed by atoms with Crippen LogP contribution in [0.25, 0.3) is 6.08 Å². The largest absolute Gasteiger partial charge is 0.289 e. The minimum absolute atomic E-state index is 0.439. The summed E-state index contributed by atoms with van der Waals surface area (Å²) in [7, 11) is 0. The molecular formula is C16H11F3O. The first kappa shape index (κ1) is 14.1. The zero-order valence-electron chi connectivity index (χ0n) is 10.7. The van der Waals surface area contributed by atoms with Gasteiger partial charge in [-0.25, -0.2) is 13.2 Å². The highest BCUT2D eigenvalue weighted by atomic mass is 19.2. The molecule has 0 aliphatic rings. The van der Waals surface area contributed by atoms with Crippen LogP contribution >= 0.6 is 0 Å². The van der Waals surface area contributed by atoms with Gasteiger partial charge in [-0.2, -0.15) is 0 Å². The second-order valence-electron chi connectivity index (χ2n) is 4.27. The lowest BCUT2D eigenvalue weighted by molar-refractivity contribution is 0.104. The predicted octanol–water partition coefficient (Wildman–Crippen LogP) is 4.31. The van der Waals surface area contributed by atoms with Crippen LogP contribution in [0.5, 0.6) is 0 Å². The van der Waals surface area contributed by atoms with Gasteiger partial charge in [0.25, 0.3) is 0 Å². The van der Waals surface area contributed by atoms with Crippen molar-refractivity contribution < 1.29 is 18.0 Å². The van der Waals surface area contributed by atoms with Crippen LogP contribution in [0.15, 0.2) is 42.5 Å². The fourth-order valence-corrected chi connectivity index (χ4v) is 1.69. The maximum absolute atomic E-state index is 13.6. The Balaban J connectivity index is 2.33. The Labute approximate surface area is 114 Å². The van der Waals surface area contributed by atoms with Gasteiger partial charge in [0.15, 0.2) is 17.4 Å². The van der Waals surface area contributed by atoms with Gasteiger partial charge in [0, 0.05) is 5.56 Å². The van der Waals surface area contributed by atoms with Crippen LogP contribution < -0.4 is 0 Å². The second kappa shape index (κ2) is 5.74. The standard InChI is InChI=1S/C16H11F3O/c1-10-13(17)9-12(16(19)15(10)18)14(20)8-7-11-5-3-2-4-6-11/h2-9H,1H3. The van der Waals surface area contributed by atoms with E-state index in [-0.39, 0.29) is 0 Å². The average molecular weight is 276 g/mol. The van der Waals surface area contributed by atoms with Crippen LogP contribution in [-0.4, -0.2) is 5.78 Å². The van der Waals surface area contributed by atoms with Crippen LogP contribution in [0.2, 0.25) is 0 Å². The zero-order chi connectivity index (χ0) is 14.7. The van der Waals surface area contributed by atoms with E-state index in [0.29, 0.717) is 6.07 Å². The van der Waals surface area contributed by atoms with Crippen molar-refractivity contribution in [3.63, 3.8) is 0 Å². The molecule has 0 spiro atoms. The highest BCUT2D eigenvalue weighted by molar-refractivity contribution is 6.07. The molecule has 2 aromatic carbocycles. The van der Waals surface area contributed by atoms with Gasteiger partial charge in [0.2, 0.25) is 0 Å². The summed E-state index contributed by atoms with van der Waals surface area (Å²) >= 11 is 0. The molecule has 2 rings (SSSR count). The van der Waals surface area contributed by atoms with Crippen LogP contribution in [0, 0.1) is 24.4 Å². The third-order valence-corrected chi connectivity index (χ3v) is 2.88.